The van der Waals surface area contributed by atoms with Gasteiger partial charge in [0.25, 0.3) is 0 Å². The van der Waals surface area contributed by atoms with Gasteiger partial charge in [-0.2, -0.15) is 0 Å². The van der Waals surface area contributed by atoms with Crippen molar-refractivity contribution in [2.45, 2.75) is 0 Å². The van der Waals surface area contributed by atoms with Gasteiger partial charge in [-0.1, -0.05) is 0 Å². The number of aromatic nitrogens is 1. The summed E-state index contributed by atoms with van der Waals surface area (Å²) in [4.78, 5) is 10.4. The van der Waals surface area contributed by atoms with E-state index in [0.29, 0.717) is 13.3 Å². The summed E-state index contributed by atoms with van der Waals surface area (Å²) in [6.07, 6.45) is 2.65. The third kappa shape index (κ3) is 1.89. The molecule has 1 rings (SSSR count). The second-order valence-electron chi connectivity index (χ2n) is 2.49. The summed E-state index contributed by atoms with van der Waals surface area (Å²) < 4.78 is 6.57. The summed E-state index contributed by atoms with van der Waals surface area (Å²) in [5, 5.41) is 2.99. The molecule has 0 spiro atoms. The zero-order valence-corrected chi connectivity index (χ0v) is 7.20. The van der Waals surface area contributed by atoms with Crippen LogP contribution in [0.4, 0.5) is 5.69 Å². The molecule has 0 saturated heterocycles. The summed E-state index contributed by atoms with van der Waals surface area (Å²) >= 11 is 0. The van der Waals surface area contributed by atoms with Crippen LogP contribution in [-0.4, -0.2) is 25.6 Å². The molecule has 1 aromatic rings. The van der Waals surface area contributed by atoms with Gasteiger partial charge in [0.2, 0.25) is 0 Å². The maximum atomic E-state index is 10.4. The van der Waals surface area contributed by atoms with Crippen molar-refractivity contribution in [1.82, 2.24) is 4.57 Å². The lowest BCUT2D eigenvalue weighted by atomic mass is 10.2. The molecule has 1 N–H and O–H groups in total. The topological polar surface area (TPSA) is 43.3 Å². The van der Waals surface area contributed by atoms with Crippen molar-refractivity contribution in [3.05, 3.63) is 18.0 Å². The van der Waals surface area contributed by atoms with Crippen LogP contribution in [0.15, 0.2) is 12.3 Å². The van der Waals surface area contributed by atoms with Crippen LogP contribution in [0.3, 0.4) is 0 Å². The van der Waals surface area contributed by atoms with Gasteiger partial charge in [-0.05, 0) is 6.07 Å². The van der Waals surface area contributed by atoms with Crippen molar-refractivity contribution in [2.75, 3.05) is 12.3 Å². The fourth-order valence-electron chi connectivity index (χ4n) is 0.951. The Morgan fingerprint density at radius 3 is 3.00 bits per heavy atom. The second-order valence-corrected chi connectivity index (χ2v) is 2.49. The molecule has 1 heterocycles. The molecule has 0 atom stereocenters. The van der Waals surface area contributed by atoms with Crippen LogP contribution in [0.25, 0.3) is 0 Å². The number of anilines is 1. The fraction of sp³-hybridized carbons (Fsp3) is 0.286. The van der Waals surface area contributed by atoms with E-state index in [2.05, 4.69) is 5.23 Å². The zero-order chi connectivity index (χ0) is 8.97. The first-order valence-corrected chi connectivity index (χ1v) is 3.62. The summed E-state index contributed by atoms with van der Waals surface area (Å²) in [7, 11) is 3.88. The average Bonchev–Trinajstić information content (AvgIpc) is 2.43. The molecule has 0 aliphatic carbocycles. The van der Waals surface area contributed by atoms with E-state index in [9.17, 15) is 4.79 Å². The number of nitrogens with zero attached hydrogens (tertiary/aromatic N) is 1. The van der Waals surface area contributed by atoms with E-state index < -0.39 is 0 Å². The Kier molecular flexibility index (Phi) is 2.93. The quantitative estimate of drug-likeness (QED) is 0.511. The Bertz CT molecular complexity index is 272. The molecule has 0 aromatic carbocycles. The van der Waals surface area contributed by atoms with Crippen LogP contribution < -0.4 is 5.23 Å². The van der Waals surface area contributed by atoms with E-state index in [0.717, 1.165) is 12.0 Å². The maximum absolute atomic E-state index is 10.4. The highest BCUT2D eigenvalue weighted by atomic mass is 16.4. The first kappa shape index (κ1) is 8.87. The van der Waals surface area contributed by atoms with E-state index in [4.69, 9.17) is 4.65 Å². The number of carbonyl (C=O) groups excluding carboxylic acids is 1. The van der Waals surface area contributed by atoms with E-state index >= 15 is 0 Å². The van der Waals surface area contributed by atoms with Crippen LogP contribution in [0.1, 0.15) is 10.5 Å². The first-order valence-electron chi connectivity index (χ1n) is 3.62. The lowest BCUT2D eigenvalue weighted by Gasteiger charge is -1.96. The first-order chi connectivity index (χ1) is 5.77. The molecular formula is C7H11BN2O2. The third-order valence-electron chi connectivity index (χ3n) is 1.58. The lowest BCUT2D eigenvalue weighted by molar-refractivity contribution is 0.111. The highest BCUT2D eigenvalue weighted by Crippen LogP contribution is 2.09. The lowest BCUT2D eigenvalue weighted by Crippen LogP contribution is -2.06. The van der Waals surface area contributed by atoms with Gasteiger partial charge >= 0.3 is 7.62 Å². The zero-order valence-electron chi connectivity index (χ0n) is 7.20. The predicted molar refractivity (Wildman–Crippen MR) is 48.6 cm³/mol. The van der Waals surface area contributed by atoms with Crippen molar-refractivity contribution < 1.29 is 9.45 Å². The minimum absolute atomic E-state index is 0.447. The van der Waals surface area contributed by atoms with Crippen LogP contribution >= 0.6 is 0 Å². The molecule has 64 valence electrons. The summed E-state index contributed by atoms with van der Waals surface area (Å²) in [5.74, 6) is 0. The molecule has 0 aliphatic heterocycles. The van der Waals surface area contributed by atoms with Crippen molar-refractivity contribution in [2.24, 2.45) is 7.05 Å². The number of carbonyl (C=O) groups is 1. The normalized spacial score (nSPS) is 9.50. The number of aryl methyl sites for hydroxylation is 1. The monoisotopic (exact) mass is 166 g/mol. The van der Waals surface area contributed by atoms with Crippen LogP contribution in [0.2, 0.25) is 0 Å². The van der Waals surface area contributed by atoms with Crippen LogP contribution in [-0.2, 0) is 11.7 Å². The van der Waals surface area contributed by atoms with Gasteiger partial charge in [-0.25, -0.2) is 0 Å². The largest absolute Gasteiger partial charge is 0.422 e. The van der Waals surface area contributed by atoms with Crippen LogP contribution in [0, 0.1) is 0 Å². The number of hydrogen-bond acceptors (Lipinski definition) is 3. The van der Waals surface area contributed by atoms with E-state index in [1.165, 1.54) is 0 Å². The molecular weight excluding hydrogens is 155 g/mol. The third-order valence-corrected chi connectivity index (χ3v) is 1.58. The van der Waals surface area contributed by atoms with Crippen molar-refractivity contribution in [3.63, 3.8) is 0 Å². The minimum atomic E-state index is 0.447. The molecule has 0 saturated carbocycles. The van der Waals surface area contributed by atoms with Crippen molar-refractivity contribution in [1.29, 1.82) is 0 Å². The van der Waals surface area contributed by atoms with E-state index in [-0.39, 0.29) is 0 Å². The molecule has 12 heavy (non-hydrogen) atoms. The minimum Gasteiger partial charge on any atom is -0.422 e. The molecule has 0 radical (unpaired) electrons. The molecule has 5 heteroatoms. The van der Waals surface area contributed by atoms with Gasteiger partial charge in [0.1, 0.15) is 0 Å². The molecule has 0 amide bonds. The van der Waals surface area contributed by atoms with Gasteiger partial charge in [0, 0.05) is 26.0 Å². The molecule has 1 aromatic heterocycles. The molecule has 0 fully saturated rings. The Balaban J connectivity index is 2.68. The number of rotatable bonds is 4. The van der Waals surface area contributed by atoms with Crippen molar-refractivity contribution >= 4 is 19.6 Å². The smallest absolute Gasteiger partial charge is 0.393 e. The fourth-order valence-corrected chi connectivity index (χ4v) is 0.951. The van der Waals surface area contributed by atoms with Crippen LogP contribution in [0.5, 0.6) is 0 Å². The SMILES string of the molecule is COBNc1cc(C=O)n(C)c1. The van der Waals surface area contributed by atoms with Gasteiger partial charge < -0.3 is 14.4 Å². The Labute approximate surface area is 71.8 Å². The molecule has 0 aliphatic rings. The summed E-state index contributed by atoms with van der Waals surface area (Å²) in [6.45, 7) is 0. The summed E-state index contributed by atoms with van der Waals surface area (Å²) in [5.41, 5.74) is 1.54. The van der Waals surface area contributed by atoms with Gasteiger partial charge in [-0.15, -0.1) is 0 Å². The Morgan fingerprint density at radius 1 is 1.75 bits per heavy atom. The molecule has 4 nitrogen and oxygen atoms in total. The maximum Gasteiger partial charge on any atom is 0.393 e. The highest BCUT2D eigenvalue weighted by molar-refractivity contribution is 6.32. The number of hydrogen-bond donors (Lipinski definition) is 1. The number of nitrogens with one attached hydrogen (secondary N) is 1. The second kappa shape index (κ2) is 3.97. The summed E-state index contributed by atoms with van der Waals surface area (Å²) in [6, 6.07) is 1.77. The van der Waals surface area contributed by atoms with E-state index in [1.807, 2.05) is 13.2 Å². The van der Waals surface area contributed by atoms with Gasteiger partial charge in [-0.3, -0.25) is 4.79 Å². The average molecular weight is 166 g/mol. The molecule has 0 unspecified atom stereocenters. The van der Waals surface area contributed by atoms with Crippen molar-refractivity contribution in [3.8, 4) is 0 Å². The Hall–Kier alpha value is -1.23. The predicted octanol–water partition coefficient (Wildman–Crippen LogP) is 0.162. The number of aldehydes is 1. The standard InChI is InChI=1S/C7H11BN2O2/c1-10-4-6(9-8-12-2)3-7(10)5-11/h3-5,8-9H,1-2H3. The molecule has 0 bridgehead atoms. The highest BCUT2D eigenvalue weighted by Gasteiger charge is 2.00. The van der Waals surface area contributed by atoms with E-state index in [1.54, 1.807) is 17.7 Å². The van der Waals surface area contributed by atoms with Gasteiger partial charge in [0.15, 0.2) is 6.29 Å². The van der Waals surface area contributed by atoms with Gasteiger partial charge in [0.05, 0.1) is 5.69 Å². The Morgan fingerprint density at radius 2 is 2.50 bits per heavy atom.